The quantitative estimate of drug-likeness (QED) is 0.598. The average molecular weight is 365 g/mol. The van der Waals surface area contributed by atoms with Gasteiger partial charge in [0.15, 0.2) is 6.10 Å². The summed E-state index contributed by atoms with van der Waals surface area (Å²) in [6, 6.07) is 13.0. The van der Waals surface area contributed by atoms with Crippen LogP contribution in [0.25, 0.3) is 0 Å². The van der Waals surface area contributed by atoms with Gasteiger partial charge in [-0.2, -0.15) is 0 Å². The van der Waals surface area contributed by atoms with Gasteiger partial charge in [0.05, 0.1) is 11.4 Å². The number of anilines is 1. The van der Waals surface area contributed by atoms with Crippen molar-refractivity contribution in [2.75, 3.05) is 11.1 Å². The summed E-state index contributed by atoms with van der Waals surface area (Å²) >= 11 is 7.29. The van der Waals surface area contributed by atoms with Gasteiger partial charge in [0.1, 0.15) is 5.82 Å². The number of thioether (sulfide) groups is 1. The number of carbonyl (C=O) groups excluding carboxylic acids is 2. The molecule has 5 nitrogen and oxygen atoms in total. The topological polar surface area (TPSA) is 68.3 Å². The predicted octanol–water partition coefficient (Wildman–Crippen LogP) is 3.79. The summed E-state index contributed by atoms with van der Waals surface area (Å²) in [5, 5.41) is 3.04. The third-order valence-corrected chi connectivity index (χ3v) is 4.21. The van der Waals surface area contributed by atoms with Crippen molar-refractivity contribution in [3.8, 4) is 0 Å². The Kier molecular flexibility index (Phi) is 7.08. The molecule has 0 saturated carbocycles. The van der Waals surface area contributed by atoms with Crippen molar-refractivity contribution in [1.82, 2.24) is 4.98 Å². The van der Waals surface area contributed by atoms with Crippen LogP contribution in [-0.2, 0) is 14.3 Å². The van der Waals surface area contributed by atoms with Crippen LogP contribution in [0.2, 0.25) is 5.02 Å². The molecule has 0 unspecified atom stereocenters. The van der Waals surface area contributed by atoms with Crippen molar-refractivity contribution in [2.45, 2.75) is 24.3 Å². The molecule has 1 atom stereocenters. The maximum atomic E-state index is 12.0. The number of rotatable bonds is 7. The Bertz CT molecular complexity index is 680. The third-order valence-electron chi connectivity index (χ3n) is 2.97. The number of ether oxygens (including phenoxy) is 1. The van der Waals surface area contributed by atoms with E-state index in [1.807, 2.05) is 30.3 Å². The molecule has 2 rings (SSSR count). The van der Waals surface area contributed by atoms with E-state index in [0.29, 0.717) is 16.6 Å². The summed E-state index contributed by atoms with van der Waals surface area (Å²) in [6.07, 6.45) is 0.766. The molecule has 0 radical (unpaired) electrons. The minimum Gasteiger partial charge on any atom is -0.453 e. The Hall–Kier alpha value is -2.05. The number of esters is 1. The maximum Gasteiger partial charge on any atom is 0.307 e. The Morgan fingerprint density at radius 1 is 1.25 bits per heavy atom. The van der Waals surface area contributed by atoms with Gasteiger partial charge in [0, 0.05) is 16.8 Å². The number of nitrogens with one attached hydrogen (secondary N) is 1. The standard InChI is InChI=1S/C17H17ClN2O3S/c1-12(17(22)20-15-8-7-13(18)11-19-15)23-16(21)9-10-24-14-5-3-2-4-6-14/h2-8,11-12H,9-10H2,1H3,(H,19,20,22)/t12-/m0/s1. The van der Waals surface area contributed by atoms with Crippen LogP contribution in [0.5, 0.6) is 0 Å². The van der Waals surface area contributed by atoms with Gasteiger partial charge in [-0.3, -0.25) is 9.59 Å². The molecule has 7 heteroatoms. The van der Waals surface area contributed by atoms with E-state index in [2.05, 4.69) is 10.3 Å². The van der Waals surface area contributed by atoms with Crippen LogP contribution < -0.4 is 5.32 Å². The lowest BCUT2D eigenvalue weighted by molar-refractivity contribution is -0.152. The summed E-state index contributed by atoms with van der Waals surface area (Å²) in [6.45, 7) is 1.52. The van der Waals surface area contributed by atoms with Gasteiger partial charge in [0.25, 0.3) is 5.91 Å². The van der Waals surface area contributed by atoms with Crippen LogP contribution in [-0.4, -0.2) is 28.7 Å². The van der Waals surface area contributed by atoms with E-state index in [0.717, 1.165) is 4.90 Å². The van der Waals surface area contributed by atoms with Gasteiger partial charge < -0.3 is 10.1 Å². The summed E-state index contributed by atoms with van der Waals surface area (Å²) in [7, 11) is 0. The average Bonchev–Trinajstić information content (AvgIpc) is 2.58. The van der Waals surface area contributed by atoms with E-state index >= 15 is 0 Å². The molecule has 0 saturated heterocycles. The molecule has 1 amide bonds. The fourth-order valence-corrected chi connectivity index (χ4v) is 2.72. The van der Waals surface area contributed by atoms with Gasteiger partial charge in [-0.25, -0.2) is 4.98 Å². The molecule has 0 fully saturated rings. The summed E-state index contributed by atoms with van der Waals surface area (Å²) in [5.41, 5.74) is 0. The summed E-state index contributed by atoms with van der Waals surface area (Å²) in [4.78, 5) is 28.8. The number of halogens is 1. The van der Waals surface area contributed by atoms with Gasteiger partial charge in [0.2, 0.25) is 0 Å². The number of carbonyl (C=O) groups is 2. The Morgan fingerprint density at radius 2 is 2.00 bits per heavy atom. The highest BCUT2D eigenvalue weighted by atomic mass is 35.5. The fraction of sp³-hybridized carbons (Fsp3) is 0.235. The first kappa shape index (κ1) is 18.3. The Morgan fingerprint density at radius 3 is 2.67 bits per heavy atom. The van der Waals surface area contributed by atoms with E-state index in [9.17, 15) is 9.59 Å². The fourth-order valence-electron chi connectivity index (χ4n) is 1.76. The molecule has 126 valence electrons. The summed E-state index contributed by atoms with van der Waals surface area (Å²) < 4.78 is 5.13. The lowest BCUT2D eigenvalue weighted by Gasteiger charge is -2.13. The lowest BCUT2D eigenvalue weighted by Crippen LogP contribution is -2.30. The Labute approximate surface area is 149 Å². The summed E-state index contributed by atoms with van der Waals surface area (Å²) in [5.74, 6) is 0.0987. The molecule has 1 heterocycles. The number of benzene rings is 1. The van der Waals surface area contributed by atoms with E-state index in [-0.39, 0.29) is 6.42 Å². The van der Waals surface area contributed by atoms with Crippen LogP contribution in [0, 0.1) is 0 Å². The van der Waals surface area contributed by atoms with Crippen LogP contribution >= 0.6 is 23.4 Å². The van der Waals surface area contributed by atoms with E-state index in [4.69, 9.17) is 16.3 Å². The molecular formula is C17H17ClN2O3S. The highest BCUT2D eigenvalue weighted by Gasteiger charge is 2.18. The number of hydrogen-bond donors (Lipinski definition) is 1. The zero-order valence-corrected chi connectivity index (χ0v) is 14.6. The molecule has 0 spiro atoms. The van der Waals surface area contributed by atoms with Crippen LogP contribution in [0.1, 0.15) is 13.3 Å². The Balaban J connectivity index is 1.72. The minimum absolute atomic E-state index is 0.233. The van der Waals surface area contributed by atoms with Crippen molar-refractivity contribution in [3.05, 3.63) is 53.7 Å². The van der Waals surface area contributed by atoms with Crippen molar-refractivity contribution in [1.29, 1.82) is 0 Å². The van der Waals surface area contributed by atoms with Gasteiger partial charge >= 0.3 is 5.97 Å². The molecule has 0 bridgehead atoms. The molecule has 0 aliphatic heterocycles. The van der Waals surface area contributed by atoms with Crippen LogP contribution in [0.3, 0.4) is 0 Å². The number of aromatic nitrogens is 1. The van der Waals surface area contributed by atoms with Gasteiger partial charge in [-0.15, -0.1) is 11.8 Å². The van der Waals surface area contributed by atoms with Crippen molar-refractivity contribution < 1.29 is 14.3 Å². The van der Waals surface area contributed by atoms with Gasteiger partial charge in [-0.05, 0) is 31.2 Å². The SMILES string of the molecule is C[C@H](OC(=O)CCSc1ccccc1)C(=O)Nc1ccc(Cl)cn1. The van der Waals surface area contributed by atoms with Crippen LogP contribution in [0.4, 0.5) is 5.82 Å². The second-order valence-corrected chi connectivity index (χ2v) is 6.50. The van der Waals surface area contributed by atoms with Crippen molar-refractivity contribution >= 4 is 41.1 Å². The van der Waals surface area contributed by atoms with Crippen molar-refractivity contribution in [2.24, 2.45) is 0 Å². The molecular weight excluding hydrogens is 348 g/mol. The smallest absolute Gasteiger partial charge is 0.307 e. The predicted molar refractivity (Wildman–Crippen MR) is 95.2 cm³/mol. The second kappa shape index (κ2) is 9.30. The molecule has 24 heavy (non-hydrogen) atoms. The highest BCUT2D eigenvalue weighted by molar-refractivity contribution is 7.99. The van der Waals surface area contributed by atoms with Crippen LogP contribution in [0.15, 0.2) is 53.6 Å². The third kappa shape index (κ3) is 6.22. The molecule has 1 aromatic carbocycles. The number of nitrogens with zero attached hydrogens (tertiary/aromatic N) is 1. The molecule has 1 aromatic heterocycles. The minimum atomic E-state index is -0.892. The van der Waals surface area contributed by atoms with Gasteiger partial charge in [-0.1, -0.05) is 29.8 Å². The normalized spacial score (nSPS) is 11.6. The second-order valence-electron chi connectivity index (χ2n) is 4.89. The largest absolute Gasteiger partial charge is 0.453 e. The first-order chi connectivity index (χ1) is 11.5. The molecule has 2 aromatic rings. The number of hydrogen-bond acceptors (Lipinski definition) is 5. The monoisotopic (exact) mass is 364 g/mol. The first-order valence-electron chi connectivity index (χ1n) is 7.34. The zero-order chi connectivity index (χ0) is 17.4. The van der Waals surface area contributed by atoms with Crippen molar-refractivity contribution in [3.63, 3.8) is 0 Å². The molecule has 0 aliphatic carbocycles. The number of pyridine rings is 1. The maximum absolute atomic E-state index is 12.0. The van der Waals surface area contributed by atoms with E-state index in [1.165, 1.54) is 13.1 Å². The highest BCUT2D eigenvalue weighted by Crippen LogP contribution is 2.18. The lowest BCUT2D eigenvalue weighted by atomic mass is 10.3. The molecule has 1 N–H and O–H groups in total. The first-order valence-corrected chi connectivity index (χ1v) is 8.70. The van der Waals surface area contributed by atoms with E-state index in [1.54, 1.807) is 23.9 Å². The van der Waals surface area contributed by atoms with E-state index < -0.39 is 18.0 Å². The number of amides is 1. The molecule has 0 aliphatic rings. The zero-order valence-electron chi connectivity index (χ0n) is 13.1.